The molecule has 1 atom stereocenters. The van der Waals surface area contributed by atoms with Crippen LogP contribution in [0.3, 0.4) is 0 Å². The van der Waals surface area contributed by atoms with Gasteiger partial charge in [0.25, 0.3) is 0 Å². The lowest BCUT2D eigenvalue weighted by Crippen LogP contribution is -2.30. The molecular weight excluding hydrogens is 265 g/mol. The zero-order chi connectivity index (χ0) is 11.5. The van der Waals surface area contributed by atoms with E-state index in [0.717, 1.165) is 23.6 Å². The summed E-state index contributed by atoms with van der Waals surface area (Å²) in [4.78, 5) is 0. The molecule has 0 saturated carbocycles. The highest BCUT2D eigenvalue weighted by molar-refractivity contribution is 7.99. The van der Waals surface area contributed by atoms with Crippen molar-refractivity contribution in [2.75, 3.05) is 25.2 Å². The monoisotopic (exact) mass is 277 g/mol. The zero-order valence-corrected chi connectivity index (χ0v) is 11.3. The first-order chi connectivity index (χ1) is 7.72. The molecule has 1 heterocycles. The molecule has 2 nitrogen and oxygen atoms in total. The van der Waals surface area contributed by atoms with Crippen LogP contribution in [0.15, 0.2) is 12.1 Å². The summed E-state index contributed by atoms with van der Waals surface area (Å²) in [7, 11) is 1.59. The maximum absolute atomic E-state index is 6.23. The van der Waals surface area contributed by atoms with Gasteiger partial charge in [0, 0.05) is 35.2 Å². The molecule has 1 aliphatic rings. The van der Waals surface area contributed by atoms with Gasteiger partial charge in [0.2, 0.25) is 0 Å². The number of ether oxygens (including phenoxy) is 1. The summed E-state index contributed by atoms with van der Waals surface area (Å²) in [6.07, 6.45) is 0. The number of nitrogens with one attached hydrogen (secondary N) is 1. The largest absolute Gasteiger partial charge is 0.495 e. The van der Waals surface area contributed by atoms with Crippen LogP contribution in [-0.2, 0) is 0 Å². The first-order valence-corrected chi connectivity index (χ1v) is 6.97. The maximum Gasteiger partial charge on any atom is 0.138 e. The van der Waals surface area contributed by atoms with Crippen molar-refractivity contribution in [2.24, 2.45) is 0 Å². The van der Waals surface area contributed by atoms with Crippen LogP contribution in [0.2, 0.25) is 10.0 Å². The number of thioether (sulfide) groups is 1. The average Bonchev–Trinajstić information content (AvgIpc) is 2.32. The van der Waals surface area contributed by atoms with E-state index in [1.54, 1.807) is 13.2 Å². The molecule has 16 heavy (non-hydrogen) atoms. The van der Waals surface area contributed by atoms with Crippen molar-refractivity contribution in [3.63, 3.8) is 0 Å². The Morgan fingerprint density at radius 2 is 2.19 bits per heavy atom. The van der Waals surface area contributed by atoms with Gasteiger partial charge in [-0.1, -0.05) is 23.2 Å². The third-order valence-electron chi connectivity index (χ3n) is 2.57. The van der Waals surface area contributed by atoms with Crippen LogP contribution < -0.4 is 10.1 Å². The number of benzene rings is 1. The minimum absolute atomic E-state index is 0.287. The summed E-state index contributed by atoms with van der Waals surface area (Å²) >= 11 is 14.3. The van der Waals surface area contributed by atoms with Crippen LogP contribution in [0.25, 0.3) is 0 Å². The van der Waals surface area contributed by atoms with Crippen LogP contribution in [0, 0.1) is 0 Å². The van der Waals surface area contributed by atoms with E-state index in [4.69, 9.17) is 27.9 Å². The van der Waals surface area contributed by atoms with Crippen molar-refractivity contribution in [3.05, 3.63) is 27.7 Å². The van der Waals surface area contributed by atoms with Crippen molar-refractivity contribution in [1.82, 2.24) is 5.32 Å². The molecule has 1 fully saturated rings. The Labute approximate surface area is 110 Å². The molecule has 1 aromatic carbocycles. The van der Waals surface area contributed by atoms with Gasteiger partial charge in [0.05, 0.1) is 12.1 Å². The van der Waals surface area contributed by atoms with Gasteiger partial charge in [-0.25, -0.2) is 0 Å². The van der Waals surface area contributed by atoms with Gasteiger partial charge in [-0.05, 0) is 11.6 Å². The Morgan fingerprint density at radius 3 is 2.81 bits per heavy atom. The molecule has 0 aromatic heterocycles. The Bertz CT molecular complexity index is 380. The molecular formula is C11H13Cl2NOS. The molecule has 1 aliphatic heterocycles. The van der Waals surface area contributed by atoms with Gasteiger partial charge in [-0.15, -0.1) is 0 Å². The second-order valence-corrected chi connectivity index (χ2v) is 5.55. The normalized spacial score (nSPS) is 20.8. The highest BCUT2D eigenvalue weighted by Crippen LogP contribution is 2.35. The van der Waals surface area contributed by atoms with Gasteiger partial charge in [-0.3, -0.25) is 0 Å². The molecule has 0 aliphatic carbocycles. The fourth-order valence-corrected chi connectivity index (χ4v) is 3.23. The summed E-state index contributed by atoms with van der Waals surface area (Å²) in [5.41, 5.74) is 1.06. The summed E-state index contributed by atoms with van der Waals surface area (Å²) in [6.45, 7) is 1.01. The number of hydrogen-bond donors (Lipinski definition) is 1. The van der Waals surface area contributed by atoms with Crippen molar-refractivity contribution < 1.29 is 4.74 Å². The number of rotatable bonds is 2. The third kappa shape index (κ3) is 2.59. The lowest BCUT2D eigenvalue weighted by molar-refractivity contribution is 0.414. The van der Waals surface area contributed by atoms with Gasteiger partial charge in [0.15, 0.2) is 0 Å². The highest BCUT2D eigenvalue weighted by atomic mass is 35.5. The van der Waals surface area contributed by atoms with E-state index in [9.17, 15) is 0 Å². The first-order valence-electron chi connectivity index (χ1n) is 5.06. The average molecular weight is 278 g/mol. The lowest BCUT2D eigenvalue weighted by Gasteiger charge is -2.24. The molecule has 0 radical (unpaired) electrons. The Balaban J connectivity index is 2.29. The topological polar surface area (TPSA) is 21.3 Å². The summed E-state index contributed by atoms with van der Waals surface area (Å²) in [6, 6.07) is 3.96. The standard InChI is InChI=1S/C11H13Cl2NOS/c1-15-11-5-8(12)7(4-9(11)13)10-6-16-3-2-14-10/h4-5,10,14H,2-3,6H2,1H3. The van der Waals surface area contributed by atoms with Crippen molar-refractivity contribution in [3.8, 4) is 5.75 Å². The van der Waals surface area contributed by atoms with E-state index in [-0.39, 0.29) is 6.04 Å². The van der Waals surface area contributed by atoms with E-state index in [1.807, 2.05) is 17.8 Å². The van der Waals surface area contributed by atoms with Crippen molar-refractivity contribution >= 4 is 35.0 Å². The second-order valence-electron chi connectivity index (χ2n) is 3.59. The van der Waals surface area contributed by atoms with Gasteiger partial charge < -0.3 is 10.1 Å². The molecule has 88 valence electrons. The lowest BCUT2D eigenvalue weighted by atomic mass is 10.1. The molecule has 0 amide bonds. The van der Waals surface area contributed by atoms with Crippen molar-refractivity contribution in [2.45, 2.75) is 6.04 Å². The molecule has 2 rings (SSSR count). The van der Waals surface area contributed by atoms with E-state index in [2.05, 4.69) is 5.32 Å². The SMILES string of the molecule is COc1cc(Cl)c(C2CSCCN2)cc1Cl. The smallest absolute Gasteiger partial charge is 0.138 e. The van der Waals surface area contributed by atoms with E-state index >= 15 is 0 Å². The summed E-state index contributed by atoms with van der Waals surface area (Å²) in [5, 5.41) is 4.76. The van der Waals surface area contributed by atoms with E-state index in [0.29, 0.717) is 15.8 Å². The van der Waals surface area contributed by atoms with Gasteiger partial charge >= 0.3 is 0 Å². The van der Waals surface area contributed by atoms with E-state index < -0.39 is 0 Å². The Morgan fingerprint density at radius 1 is 1.38 bits per heavy atom. The first kappa shape index (κ1) is 12.4. The molecule has 1 saturated heterocycles. The zero-order valence-electron chi connectivity index (χ0n) is 8.93. The van der Waals surface area contributed by atoms with Crippen LogP contribution in [0.4, 0.5) is 0 Å². The maximum atomic E-state index is 6.23. The van der Waals surface area contributed by atoms with Crippen LogP contribution in [0.1, 0.15) is 11.6 Å². The number of methoxy groups -OCH3 is 1. The molecule has 5 heteroatoms. The summed E-state index contributed by atoms with van der Waals surface area (Å²) in [5.74, 6) is 2.80. The second kappa shape index (κ2) is 5.50. The fourth-order valence-electron chi connectivity index (χ4n) is 1.73. The third-order valence-corrected chi connectivity index (χ3v) is 4.25. The molecule has 1 N–H and O–H groups in total. The van der Waals surface area contributed by atoms with Crippen LogP contribution in [0.5, 0.6) is 5.75 Å². The molecule has 1 unspecified atom stereocenters. The minimum Gasteiger partial charge on any atom is -0.495 e. The Kier molecular flexibility index (Phi) is 4.25. The molecule has 0 spiro atoms. The minimum atomic E-state index is 0.287. The van der Waals surface area contributed by atoms with Gasteiger partial charge in [0.1, 0.15) is 5.75 Å². The molecule has 0 bridgehead atoms. The van der Waals surface area contributed by atoms with Crippen LogP contribution in [-0.4, -0.2) is 25.2 Å². The van der Waals surface area contributed by atoms with Gasteiger partial charge in [-0.2, -0.15) is 11.8 Å². The quantitative estimate of drug-likeness (QED) is 0.896. The number of halogens is 2. The molecule has 1 aromatic rings. The predicted molar refractivity (Wildman–Crippen MR) is 71.1 cm³/mol. The summed E-state index contributed by atoms with van der Waals surface area (Å²) < 4.78 is 5.13. The highest BCUT2D eigenvalue weighted by Gasteiger charge is 2.19. The fraction of sp³-hybridized carbons (Fsp3) is 0.455. The predicted octanol–water partition coefficient (Wildman–Crippen LogP) is 3.38. The Hall–Kier alpha value is -0.0900. The number of hydrogen-bond acceptors (Lipinski definition) is 3. The van der Waals surface area contributed by atoms with Crippen LogP contribution >= 0.6 is 35.0 Å². The van der Waals surface area contributed by atoms with Crippen molar-refractivity contribution in [1.29, 1.82) is 0 Å². The van der Waals surface area contributed by atoms with E-state index in [1.165, 1.54) is 0 Å².